The Labute approximate surface area is 392 Å². The standard InChI is InChI=1S/C44H65N11O13/c1-23(2)36(44(67)68)55-43(66)33(22-56)54-41(64)30(19-25-9-5-4-6-10-25)52-39(62)29(16-17-34(47)58)50-38(61)28(11-7-8-18-45)49-40(63)31(20-26-12-14-27(57)15-13-26)53-42(65)32(21-35(48)59)51-37(60)24(3)46/h4-6,9-10,12-15,23-24,28-33,36,56-57H,7-8,11,16-22,45-46H2,1-3H3,(H2,47,58)(H2,48,59)(H,49,63)(H,50,61)(H,51,60)(H,52,62)(H,53,65)(H,54,64)(H,55,66)(H,67,68)/t24-,28-,29-,30-,31-,32-,33-,36-/m0/s1. The summed E-state index contributed by atoms with van der Waals surface area (Å²) in [5.41, 5.74) is 23.0. The molecule has 0 aromatic heterocycles. The summed E-state index contributed by atoms with van der Waals surface area (Å²) in [6.45, 7) is 3.65. The molecule has 0 spiro atoms. The largest absolute Gasteiger partial charge is 0.508 e. The van der Waals surface area contributed by atoms with E-state index in [1.807, 2.05) is 0 Å². The summed E-state index contributed by atoms with van der Waals surface area (Å²) >= 11 is 0. The molecule has 0 radical (unpaired) electrons. The van der Waals surface area contributed by atoms with Crippen molar-refractivity contribution in [1.29, 1.82) is 0 Å². The molecule has 0 aliphatic carbocycles. The molecule has 0 aliphatic heterocycles. The molecule has 0 unspecified atom stereocenters. The number of benzene rings is 2. The maximum absolute atomic E-state index is 14.2. The van der Waals surface area contributed by atoms with Gasteiger partial charge in [-0.25, -0.2) is 4.79 Å². The average Bonchev–Trinajstić information content (AvgIpc) is 3.27. The molecule has 18 N–H and O–H groups in total. The Morgan fingerprint density at radius 3 is 1.44 bits per heavy atom. The number of amides is 9. The van der Waals surface area contributed by atoms with Crippen LogP contribution in [0.4, 0.5) is 0 Å². The minimum Gasteiger partial charge on any atom is -0.508 e. The zero-order chi connectivity index (χ0) is 51.1. The van der Waals surface area contributed by atoms with E-state index in [0.29, 0.717) is 17.5 Å². The lowest BCUT2D eigenvalue weighted by Gasteiger charge is -2.28. The number of hydrogen-bond donors (Lipinski definition) is 14. The summed E-state index contributed by atoms with van der Waals surface area (Å²) in [5.74, 6) is -10.6. The number of carboxylic acid groups (broad SMARTS) is 1. The van der Waals surface area contributed by atoms with Crippen LogP contribution < -0.4 is 60.2 Å². The number of unbranched alkanes of at least 4 members (excludes halogenated alkanes) is 1. The number of carbonyl (C=O) groups is 10. The Kier molecular flexibility index (Phi) is 24.1. The van der Waals surface area contributed by atoms with E-state index in [9.17, 15) is 63.3 Å². The molecule has 0 heterocycles. The maximum Gasteiger partial charge on any atom is 0.326 e. The first-order valence-corrected chi connectivity index (χ1v) is 21.9. The summed E-state index contributed by atoms with van der Waals surface area (Å²) < 4.78 is 0. The topological polar surface area (TPSA) is 420 Å². The highest BCUT2D eigenvalue weighted by molar-refractivity contribution is 5.98. The number of aliphatic carboxylic acids is 1. The Hall–Kier alpha value is -7.18. The van der Waals surface area contributed by atoms with Crippen LogP contribution in [0.15, 0.2) is 54.6 Å². The molecule has 2 rings (SSSR count). The lowest BCUT2D eigenvalue weighted by atomic mass is 10.0. The Bertz CT molecular complexity index is 2060. The van der Waals surface area contributed by atoms with E-state index >= 15 is 0 Å². The molecule has 0 fully saturated rings. The van der Waals surface area contributed by atoms with E-state index in [-0.39, 0.29) is 38.0 Å². The third-order valence-electron chi connectivity index (χ3n) is 10.3. The van der Waals surface area contributed by atoms with Crippen LogP contribution in [0.3, 0.4) is 0 Å². The zero-order valence-corrected chi connectivity index (χ0v) is 38.2. The van der Waals surface area contributed by atoms with Gasteiger partial charge in [0.15, 0.2) is 0 Å². The van der Waals surface area contributed by atoms with Crippen LogP contribution >= 0.6 is 0 Å². The zero-order valence-electron chi connectivity index (χ0n) is 38.2. The van der Waals surface area contributed by atoms with Gasteiger partial charge in [0.05, 0.1) is 19.1 Å². The first-order chi connectivity index (χ1) is 32.1. The fraction of sp³-hybridized carbons (Fsp3) is 0.500. The van der Waals surface area contributed by atoms with Gasteiger partial charge in [0.2, 0.25) is 53.2 Å². The molecule has 0 saturated carbocycles. The number of carboxylic acids is 1. The van der Waals surface area contributed by atoms with Gasteiger partial charge in [-0.05, 0) is 68.3 Å². The lowest BCUT2D eigenvalue weighted by Crippen LogP contribution is -2.61. The van der Waals surface area contributed by atoms with Crippen molar-refractivity contribution in [2.45, 2.75) is 120 Å². The molecule has 24 heteroatoms. The molecule has 2 aromatic carbocycles. The summed E-state index contributed by atoms with van der Waals surface area (Å²) in [6.07, 6.45) is -1.40. The van der Waals surface area contributed by atoms with Gasteiger partial charge < -0.3 is 75.5 Å². The van der Waals surface area contributed by atoms with Gasteiger partial charge in [-0.1, -0.05) is 56.3 Å². The number of aliphatic hydroxyl groups excluding tert-OH is 1. The molecule has 68 heavy (non-hydrogen) atoms. The van der Waals surface area contributed by atoms with Crippen molar-refractivity contribution in [3.05, 3.63) is 65.7 Å². The molecular weight excluding hydrogens is 891 g/mol. The molecule has 24 nitrogen and oxygen atoms in total. The van der Waals surface area contributed by atoms with Crippen LogP contribution in [0.1, 0.15) is 70.4 Å². The van der Waals surface area contributed by atoms with Crippen molar-refractivity contribution in [3.63, 3.8) is 0 Å². The van der Waals surface area contributed by atoms with E-state index in [1.54, 1.807) is 30.3 Å². The number of nitrogens with one attached hydrogen (secondary N) is 7. The molecule has 8 atom stereocenters. The second-order valence-corrected chi connectivity index (χ2v) is 16.4. The van der Waals surface area contributed by atoms with Crippen LogP contribution in [-0.2, 0) is 60.8 Å². The van der Waals surface area contributed by atoms with Crippen molar-refractivity contribution < 1.29 is 63.3 Å². The number of aromatic hydroxyl groups is 1. The second kappa shape index (κ2) is 28.8. The van der Waals surface area contributed by atoms with Crippen molar-refractivity contribution in [2.75, 3.05) is 13.2 Å². The van der Waals surface area contributed by atoms with Gasteiger partial charge in [-0.3, -0.25) is 43.2 Å². The Morgan fingerprint density at radius 1 is 0.544 bits per heavy atom. The van der Waals surface area contributed by atoms with E-state index in [0.717, 1.165) is 0 Å². The number of carbonyl (C=O) groups excluding carboxylic acids is 9. The van der Waals surface area contributed by atoms with Crippen molar-refractivity contribution in [3.8, 4) is 5.75 Å². The van der Waals surface area contributed by atoms with Gasteiger partial charge in [-0.15, -0.1) is 0 Å². The summed E-state index contributed by atoms with van der Waals surface area (Å²) in [4.78, 5) is 131. The number of primary amides is 2. The van der Waals surface area contributed by atoms with Gasteiger partial charge in [0, 0.05) is 19.3 Å². The van der Waals surface area contributed by atoms with Crippen molar-refractivity contribution >= 4 is 59.1 Å². The van der Waals surface area contributed by atoms with Crippen LogP contribution in [0.2, 0.25) is 0 Å². The monoisotopic (exact) mass is 955 g/mol. The molecule has 374 valence electrons. The second-order valence-electron chi connectivity index (χ2n) is 16.4. The van der Waals surface area contributed by atoms with Gasteiger partial charge in [-0.2, -0.15) is 0 Å². The quantitative estimate of drug-likeness (QED) is 0.0331. The van der Waals surface area contributed by atoms with Crippen molar-refractivity contribution in [2.24, 2.45) is 28.9 Å². The van der Waals surface area contributed by atoms with Crippen molar-refractivity contribution in [1.82, 2.24) is 37.2 Å². The summed E-state index contributed by atoms with van der Waals surface area (Å²) in [7, 11) is 0. The molecule has 2 aromatic rings. The highest BCUT2D eigenvalue weighted by Gasteiger charge is 2.35. The maximum atomic E-state index is 14.2. The van der Waals surface area contributed by atoms with Crippen LogP contribution in [0.25, 0.3) is 0 Å². The highest BCUT2D eigenvalue weighted by atomic mass is 16.4. The third kappa shape index (κ3) is 20.1. The predicted molar refractivity (Wildman–Crippen MR) is 244 cm³/mol. The first-order valence-electron chi connectivity index (χ1n) is 21.9. The van der Waals surface area contributed by atoms with E-state index in [1.165, 1.54) is 45.0 Å². The minimum absolute atomic E-state index is 0.0727. The van der Waals surface area contributed by atoms with Gasteiger partial charge in [0.25, 0.3) is 0 Å². The number of aliphatic hydroxyl groups is 1. The minimum atomic E-state index is -1.66. The van der Waals surface area contributed by atoms with E-state index in [2.05, 4.69) is 37.2 Å². The smallest absolute Gasteiger partial charge is 0.326 e. The molecular formula is C44H65N11O13. The molecule has 0 bridgehead atoms. The number of phenols is 1. The molecule has 9 amide bonds. The number of phenolic OH excluding ortho intramolecular Hbond substituents is 1. The fourth-order valence-corrected chi connectivity index (χ4v) is 6.49. The van der Waals surface area contributed by atoms with Crippen LogP contribution in [-0.4, -0.2) is 136 Å². The third-order valence-corrected chi connectivity index (χ3v) is 10.3. The van der Waals surface area contributed by atoms with Gasteiger partial charge >= 0.3 is 5.97 Å². The van der Waals surface area contributed by atoms with E-state index in [4.69, 9.17) is 22.9 Å². The molecule has 0 aliphatic rings. The SMILES string of the molecule is CC(C)[C@H](NC(=O)[C@H](CO)NC(=O)[C@H](Cc1ccccc1)NC(=O)[C@H](CCC(N)=O)NC(=O)[C@H](CCCCN)NC(=O)[C@H](Cc1ccc(O)cc1)NC(=O)[C@H](CC(N)=O)NC(=O)[C@H](C)N)C(=O)O. The predicted octanol–water partition coefficient (Wildman–Crippen LogP) is -4.08. The first kappa shape index (κ1) is 56.9. The Balaban J connectivity index is 2.50. The Morgan fingerprint density at radius 2 is 0.985 bits per heavy atom. The van der Waals surface area contributed by atoms with Crippen LogP contribution in [0.5, 0.6) is 5.75 Å². The normalized spacial score (nSPS) is 14.5. The van der Waals surface area contributed by atoms with Crippen LogP contribution in [0, 0.1) is 5.92 Å². The van der Waals surface area contributed by atoms with Gasteiger partial charge in [0.1, 0.15) is 48.0 Å². The average molecular weight is 956 g/mol. The lowest BCUT2D eigenvalue weighted by molar-refractivity contribution is -0.144. The number of nitrogens with two attached hydrogens (primary N) is 4. The summed E-state index contributed by atoms with van der Waals surface area (Å²) in [5, 5.41) is 46.5. The number of hydrogen-bond acceptors (Lipinski definition) is 14. The fourth-order valence-electron chi connectivity index (χ4n) is 6.49. The number of rotatable bonds is 30. The highest BCUT2D eigenvalue weighted by Crippen LogP contribution is 2.14. The molecule has 0 saturated heterocycles. The van der Waals surface area contributed by atoms with E-state index < -0.39 is 139 Å². The summed E-state index contributed by atoms with van der Waals surface area (Å²) in [6, 6.07) is 2.12.